The molecule has 1 aromatic carbocycles. The molecule has 2 N–H and O–H groups in total. The fourth-order valence-corrected chi connectivity index (χ4v) is 2.94. The van der Waals surface area contributed by atoms with Gasteiger partial charge in [-0.25, -0.2) is 0 Å². The van der Waals surface area contributed by atoms with Crippen molar-refractivity contribution in [2.75, 3.05) is 25.4 Å². The third kappa shape index (κ3) is 3.46. The van der Waals surface area contributed by atoms with Crippen LogP contribution in [0.4, 0.5) is 5.69 Å². The lowest BCUT2D eigenvalue weighted by atomic mass is 10.1. The summed E-state index contributed by atoms with van der Waals surface area (Å²) in [6, 6.07) is 6.00. The van der Waals surface area contributed by atoms with E-state index in [0.29, 0.717) is 6.10 Å². The van der Waals surface area contributed by atoms with Gasteiger partial charge < -0.3 is 10.5 Å². The van der Waals surface area contributed by atoms with Crippen molar-refractivity contribution >= 4 is 21.6 Å². The highest BCUT2D eigenvalue weighted by Crippen LogP contribution is 2.25. The summed E-state index contributed by atoms with van der Waals surface area (Å²) in [7, 11) is 0. The zero-order chi connectivity index (χ0) is 13.0. The summed E-state index contributed by atoms with van der Waals surface area (Å²) in [4.78, 5) is 2.45. The average molecular weight is 313 g/mol. The number of nitrogen functional groups attached to an aromatic ring is 1. The van der Waals surface area contributed by atoms with E-state index in [2.05, 4.69) is 33.8 Å². The van der Waals surface area contributed by atoms with Crippen LogP contribution in [0.5, 0.6) is 0 Å². The van der Waals surface area contributed by atoms with E-state index in [9.17, 15) is 0 Å². The molecule has 0 aliphatic carbocycles. The largest absolute Gasteiger partial charge is 0.398 e. The summed E-state index contributed by atoms with van der Waals surface area (Å²) in [6.45, 7) is 5.99. The van der Waals surface area contributed by atoms with E-state index >= 15 is 0 Å². The minimum atomic E-state index is 0.447. The van der Waals surface area contributed by atoms with Crippen LogP contribution in [0.1, 0.15) is 25.3 Å². The number of ether oxygens (including phenoxy) is 1. The number of anilines is 1. The zero-order valence-corrected chi connectivity index (χ0v) is 12.4. The van der Waals surface area contributed by atoms with Crippen molar-refractivity contribution in [3.8, 4) is 0 Å². The second-order valence-corrected chi connectivity index (χ2v) is 5.59. The van der Waals surface area contributed by atoms with Crippen molar-refractivity contribution < 1.29 is 4.74 Å². The maximum atomic E-state index is 6.03. The van der Waals surface area contributed by atoms with Crippen LogP contribution < -0.4 is 5.73 Å². The van der Waals surface area contributed by atoms with Crippen LogP contribution >= 0.6 is 15.9 Å². The van der Waals surface area contributed by atoms with Gasteiger partial charge >= 0.3 is 0 Å². The van der Waals surface area contributed by atoms with Crippen molar-refractivity contribution in [3.63, 3.8) is 0 Å². The lowest BCUT2D eigenvalue weighted by Crippen LogP contribution is -2.36. The second kappa shape index (κ2) is 6.55. The third-order valence-corrected chi connectivity index (χ3v) is 4.22. The first kappa shape index (κ1) is 13.8. The lowest BCUT2D eigenvalue weighted by molar-refractivity contribution is 0.0125. The Bertz CT molecular complexity index is 369. The van der Waals surface area contributed by atoms with E-state index in [1.165, 1.54) is 5.56 Å². The number of nitrogens with two attached hydrogens (primary N) is 1. The van der Waals surface area contributed by atoms with Gasteiger partial charge in [0, 0.05) is 42.0 Å². The highest BCUT2D eigenvalue weighted by molar-refractivity contribution is 9.10. The molecule has 2 rings (SSSR count). The molecule has 0 atom stereocenters. The molecule has 18 heavy (non-hydrogen) atoms. The monoisotopic (exact) mass is 312 g/mol. The second-order valence-electron chi connectivity index (χ2n) is 4.74. The van der Waals surface area contributed by atoms with E-state index in [4.69, 9.17) is 10.5 Å². The minimum absolute atomic E-state index is 0.447. The number of halogens is 1. The molecule has 0 saturated carbocycles. The average Bonchev–Trinajstić information content (AvgIpc) is 2.36. The van der Waals surface area contributed by atoms with Crippen molar-refractivity contribution in [1.29, 1.82) is 0 Å². The van der Waals surface area contributed by atoms with E-state index in [1.807, 2.05) is 12.1 Å². The Labute approximate surface area is 117 Å². The number of piperidine rings is 1. The van der Waals surface area contributed by atoms with E-state index in [-0.39, 0.29) is 0 Å². The Morgan fingerprint density at radius 2 is 2.11 bits per heavy atom. The number of hydrogen-bond acceptors (Lipinski definition) is 3. The molecule has 1 aromatic rings. The Kier molecular flexibility index (Phi) is 5.03. The first-order valence-electron chi connectivity index (χ1n) is 6.57. The minimum Gasteiger partial charge on any atom is -0.398 e. The molecular weight excluding hydrogens is 292 g/mol. The van der Waals surface area contributed by atoms with Gasteiger partial charge in [-0.2, -0.15) is 0 Å². The van der Waals surface area contributed by atoms with Gasteiger partial charge in [0.05, 0.1) is 6.10 Å². The quantitative estimate of drug-likeness (QED) is 0.869. The molecule has 0 radical (unpaired) electrons. The van der Waals surface area contributed by atoms with Gasteiger partial charge in [-0.1, -0.05) is 22.0 Å². The van der Waals surface area contributed by atoms with Gasteiger partial charge in [0.25, 0.3) is 0 Å². The summed E-state index contributed by atoms with van der Waals surface area (Å²) < 4.78 is 6.77. The molecule has 0 amide bonds. The first-order valence-corrected chi connectivity index (χ1v) is 7.36. The number of benzene rings is 1. The molecule has 1 saturated heterocycles. The van der Waals surface area contributed by atoms with Gasteiger partial charge in [-0.3, -0.25) is 4.90 Å². The van der Waals surface area contributed by atoms with Crippen molar-refractivity contribution in [1.82, 2.24) is 4.90 Å². The van der Waals surface area contributed by atoms with E-state index in [0.717, 1.165) is 49.2 Å². The van der Waals surface area contributed by atoms with Crippen LogP contribution in [0.2, 0.25) is 0 Å². The van der Waals surface area contributed by atoms with Gasteiger partial charge in [0.1, 0.15) is 0 Å². The van der Waals surface area contributed by atoms with Crippen LogP contribution in [0, 0.1) is 0 Å². The molecule has 4 heteroatoms. The number of rotatable bonds is 4. The van der Waals surface area contributed by atoms with Crippen LogP contribution in [0.3, 0.4) is 0 Å². The Morgan fingerprint density at radius 1 is 1.39 bits per heavy atom. The van der Waals surface area contributed by atoms with Crippen molar-refractivity contribution in [2.45, 2.75) is 32.4 Å². The number of hydrogen-bond donors (Lipinski definition) is 1. The van der Waals surface area contributed by atoms with Gasteiger partial charge in [0.15, 0.2) is 0 Å². The summed E-state index contributed by atoms with van der Waals surface area (Å²) in [5, 5.41) is 0. The maximum Gasteiger partial charge on any atom is 0.0599 e. The lowest BCUT2D eigenvalue weighted by Gasteiger charge is -2.32. The molecule has 100 valence electrons. The normalized spacial score (nSPS) is 18.1. The van der Waals surface area contributed by atoms with Gasteiger partial charge in [-0.05, 0) is 31.9 Å². The molecule has 0 unspecified atom stereocenters. The predicted octanol–water partition coefficient (Wildman–Crippen LogP) is 3.03. The summed E-state index contributed by atoms with van der Waals surface area (Å²) >= 11 is 3.58. The maximum absolute atomic E-state index is 6.03. The molecule has 1 aliphatic rings. The summed E-state index contributed by atoms with van der Waals surface area (Å²) in [6.07, 6.45) is 2.69. The zero-order valence-electron chi connectivity index (χ0n) is 10.9. The van der Waals surface area contributed by atoms with Gasteiger partial charge in [-0.15, -0.1) is 0 Å². The topological polar surface area (TPSA) is 38.5 Å². The molecule has 3 nitrogen and oxygen atoms in total. The molecule has 0 spiro atoms. The Balaban J connectivity index is 1.92. The Morgan fingerprint density at radius 3 is 2.72 bits per heavy atom. The molecule has 1 heterocycles. The highest BCUT2D eigenvalue weighted by Gasteiger charge is 2.20. The standard InChI is InChI=1S/C14H21BrN2O/c1-2-18-11-6-8-17(9-7-11)10-12-13(15)4-3-5-14(12)16/h3-5,11H,2,6-10,16H2,1H3. The number of likely N-dealkylation sites (tertiary alicyclic amines) is 1. The van der Waals surface area contributed by atoms with Gasteiger partial charge in [0.2, 0.25) is 0 Å². The number of nitrogens with zero attached hydrogens (tertiary/aromatic N) is 1. The smallest absolute Gasteiger partial charge is 0.0599 e. The van der Waals surface area contributed by atoms with Crippen LogP contribution in [0.15, 0.2) is 22.7 Å². The predicted molar refractivity (Wildman–Crippen MR) is 78.5 cm³/mol. The SMILES string of the molecule is CCOC1CCN(Cc2c(N)cccc2Br)CC1. The van der Waals surface area contributed by atoms with E-state index in [1.54, 1.807) is 0 Å². The third-order valence-electron chi connectivity index (χ3n) is 3.47. The molecule has 1 aliphatic heterocycles. The van der Waals surface area contributed by atoms with Crippen LogP contribution in [-0.4, -0.2) is 30.7 Å². The first-order chi connectivity index (χ1) is 8.70. The molecular formula is C14H21BrN2O. The van der Waals surface area contributed by atoms with E-state index < -0.39 is 0 Å². The summed E-state index contributed by atoms with van der Waals surface area (Å²) in [5.41, 5.74) is 8.11. The van der Waals surface area contributed by atoms with Crippen molar-refractivity contribution in [2.24, 2.45) is 0 Å². The van der Waals surface area contributed by atoms with Crippen molar-refractivity contribution in [3.05, 3.63) is 28.2 Å². The molecule has 1 fully saturated rings. The fraction of sp³-hybridized carbons (Fsp3) is 0.571. The molecule has 0 aromatic heterocycles. The fourth-order valence-electron chi connectivity index (χ4n) is 2.44. The molecule has 0 bridgehead atoms. The highest BCUT2D eigenvalue weighted by atomic mass is 79.9. The van der Waals surface area contributed by atoms with Crippen LogP contribution in [-0.2, 0) is 11.3 Å². The van der Waals surface area contributed by atoms with Crippen LogP contribution in [0.25, 0.3) is 0 Å². The summed E-state index contributed by atoms with van der Waals surface area (Å²) in [5.74, 6) is 0. The Hall–Kier alpha value is -0.580.